The van der Waals surface area contributed by atoms with Gasteiger partial charge in [-0.1, -0.05) is 25.4 Å². The molecular formula is C12H13ClN2O2. The van der Waals surface area contributed by atoms with E-state index < -0.39 is 11.9 Å². The van der Waals surface area contributed by atoms with Gasteiger partial charge in [0, 0.05) is 5.02 Å². The summed E-state index contributed by atoms with van der Waals surface area (Å²) in [7, 11) is 0. The lowest BCUT2D eigenvalue weighted by molar-refractivity contribution is 0.0935. The summed E-state index contributed by atoms with van der Waals surface area (Å²) in [6.45, 7) is 3.65. The van der Waals surface area contributed by atoms with Crippen LogP contribution in [-0.2, 0) is 0 Å². The molecule has 0 aliphatic rings. The smallest absolute Gasteiger partial charge is 0.256 e. The molecule has 0 aliphatic carbocycles. The summed E-state index contributed by atoms with van der Waals surface area (Å²) in [6.07, 6.45) is 0. The quantitative estimate of drug-likeness (QED) is 0.867. The van der Waals surface area contributed by atoms with Gasteiger partial charge >= 0.3 is 0 Å². The third-order valence-electron chi connectivity index (χ3n) is 2.30. The molecule has 0 radical (unpaired) electrons. The minimum atomic E-state index is -0.596. The van der Waals surface area contributed by atoms with Crippen molar-refractivity contribution in [3.05, 3.63) is 28.8 Å². The van der Waals surface area contributed by atoms with Crippen molar-refractivity contribution >= 4 is 17.5 Å². The molecule has 0 spiro atoms. The van der Waals surface area contributed by atoms with Gasteiger partial charge in [0.05, 0.1) is 11.6 Å². The lowest BCUT2D eigenvalue weighted by Gasteiger charge is -2.15. The molecule has 0 saturated heterocycles. The molecule has 1 amide bonds. The second kappa shape index (κ2) is 5.55. The van der Waals surface area contributed by atoms with Crippen molar-refractivity contribution in [2.45, 2.75) is 19.9 Å². The number of phenolic OH excluding ortho intramolecular Hbond substituents is 1. The van der Waals surface area contributed by atoms with Crippen LogP contribution in [0.5, 0.6) is 5.75 Å². The average molecular weight is 253 g/mol. The van der Waals surface area contributed by atoms with E-state index in [1.165, 1.54) is 18.2 Å². The molecular weight excluding hydrogens is 240 g/mol. The van der Waals surface area contributed by atoms with Gasteiger partial charge < -0.3 is 10.4 Å². The summed E-state index contributed by atoms with van der Waals surface area (Å²) in [5.41, 5.74) is 0.0680. The van der Waals surface area contributed by atoms with E-state index in [1.54, 1.807) is 0 Å². The molecule has 1 aromatic carbocycles. The van der Waals surface area contributed by atoms with Crippen LogP contribution in [0.2, 0.25) is 5.02 Å². The minimum absolute atomic E-state index is 0.00900. The summed E-state index contributed by atoms with van der Waals surface area (Å²) < 4.78 is 0. The minimum Gasteiger partial charge on any atom is -0.507 e. The summed E-state index contributed by atoms with van der Waals surface area (Å²) in [6, 6.07) is 5.58. The second-order valence-electron chi connectivity index (χ2n) is 3.99. The Bertz CT molecular complexity index is 466. The number of hydrogen-bond donors (Lipinski definition) is 2. The predicted octanol–water partition coefficient (Wildman–Crippen LogP) is 2.32. The highest BCUT2D eigenvalue weighted by Gasteiger charge is 2.18. The first-order valence-corrected chi connectivity index (χ1v) is 5.52. The summed E-state index contributed by atoms with van der Waals surface area (Å²) in [5, 5.41) is 21.3. The van der Waals surface area contributed by atoms with E-state index in [0.29, 0.717) is 5.02 Å². The Morgan fingerprint density at radius 3 is 2.71 bits per heavy atom. The Kier molecular flexibility index (Phi) is 4.36. The molecule has 2 N–H and O–H groups in total. The van der Waals surface area contributed by atoms with Crippen molar-refractivity contribution in [2.75, 3.05) is 0 Å². The Morgan fingerprint density at radius 1 is 1.53 bits per heavy atom. The Labute approximate surface area is 105 Å². The van der Waals surface area contributed by atoms with E-state index in [2.05, 4.69) is 5.32 Å². The number of carbonyl (C=O) groups excluding carboxylic acids is 1. The van der Waals surface area contributed by atoms with E-state index in [-0.39, 0.29) is 17.2 Å². The number of phenols is 1. The highest BCUT2D eigenvalue weighted by atomic mass is 35.5. The van der Waals surface area contributed by atoms with Gasteiger partial charge in [-0.05, 0) is 24.1 Å². The standard InChI is InChI=1S/C12H13ClN2O2/c1-7(2)10(6-14)15-12(17)9-5-8(13)3-4-11(9)16/h3-5,7,10,16H,1-2H3,(H,15,17). The first-order valence-electron chi connectivity index (χ1n) is 5.14. The number of amides is 1. The molecule has 1 unspecified atom stereocenters. The van der Waals surface area contributed by atoms with Crippen molar-refractivity contribution in [1.82, 2.24) is 5.32 Å². The Morgan fingerprint density at radius 2 is 2.18 bits per heavy atom. The van der Waals surface area contributed by atoms with Crippen molar-refractivity contribution in [2.24, 2.45) is 5.92 Å². The normalized spacial score (nSPS) is 11.9. The monoisotopic (exact) mass is 252 g/mol. The Balaban J connectivity index is 2.90. The van der Waals surface area contributed by atoms with E-state index in [0.717, 1.165) is 0 Å². The van der Waals surface area contributed by atoms with Gasteiger partial charge in [0.1, 0.15) is 11.8 Å². The topological polar surface area (TPSA) is 73.1 Å². The molecule has 4 nitrogen and oxygen atoms in total. The number of nitrogens with one attached hydrogen (secondary N) is 1. The van der Waals surface area contributed by atoms with Gasteiger partial charge in [0.2, 0.25) is 0 Å². The summed E-state index contributed by atoms with van der Waals surface area (Å²) in [4.78, 5) is 11.8. The zero-order valence-electron chi connectivity index (χ0n) is 9.57. The van der Waals surface area contributed by atoms with Crippen LogP contribution in [0, 0.1) is 17.2 Å². The number of aromatic hydroxyl groups is 1. The highest BCUT2D eigenvalue weighted by molar-refractivity contribution is 6.31. The number of carbonyl (C=O) groups is 1. The van der Waals surface area contributed by atoms with Gasteiger partial charge in [0.25, 0.3) is 5.91 Å². The van der Waals surface area contributed by atoms with Crippen LogP contribution >= 0.6 is 11.6 Å². The Hall–Kier alpha value is -1.73. The number of nitriles is 1. The lowest BCUT2D eigenvalue weighted by Crippen LogP contribution is -2.37. The molecule has 17 heavy (non-hydrogen) atoms. The fourth-order valence-corrected chi connectivity index (χ4v) is 1.43. The molecule has 90 valence electrons. The number of halogens is 1. The molecule has 1 aromatic rings. The summed E-state index contributed by atoms with van der Waals surface area (Å²) >= 11 is 5.74. The fourth-order valence-electron chi connectivity index (χ4n) is 1.26. The second-order valence-corrected chi connectivity index (χ2v) is 4.42. The van der Waals surface area contributed by atoms with E-state index in [9.17, 15) is 9.90 Å². The molecule has 0 heterocycles. The molecule has 0 bridgehead atoms. The molecule has 5 heteroatoms. The first kappa shape index (κ1) is 13.3. The van der Waals surface area contributed by atoms with Crippen molar-refractivity contribution in [1.29, 1.82) is 5.26 Å². The third kappa shape index (κ3) is 3.36. The molecule has 0 aromatic heterocycles. The van der Waals surface area contributed by atoms with Crippen LogP contribution < -0.4 is 5.32 Å². The van der Waals surface area contributed by atoms with Crippen molar-refractivity contribution < 1.29 is 9.90 Å². The number of nitrogens with zero attached hydrogens (tertiary/aromatic N) is 1. The fraction of sp³-hybridized carbons (Fsp3) is 0.333. The van der Waals surface area contributed by atoms with Gasteiger partial charge in [-0.25, -0.2) is 0 Å². The SMILES string of the molecule is CC(C)C(C#N)NC(=O)c1cc(Cl)ccc1O. The van der Waals surface area contributed by atoms with E-state index in [4.69, 9.17) is 16.9 Å². The molecule has 1 rings (SSSR count). The van der Waals surface area contributed by atoms with Crippen molar-refractivity contribution in [3.63, 3.8) is 0 Å². The number of benzene rings is 1. The maximum Gasteiger partial charge on any atom is 0.256 e. The van der Waals surface area contributed by atoms with E-state index >= 15 is 0 Å². The van der Waals surface area contributed by atoms with Crippen LogP contribution in [0.1, 0.15) is 24.2 Å². The number of rotatable bonds is 3. The van der Waals surface area contributed by atoms with Crippen LogP contribution in [0.4, 0.5) is 0 Å². The lowest BCUT2D eigenvalue weighted by atomic mass is 10.1. The van der Waals surface area contributed by atoms with Crippen molar-refractivity contribution in [3.8, 4) is 11.8 Å². The third-order valence-corrected chi connectivity index (χ3v) is 2.53. The maximum atomic E-state index is 11.8. The first-order chi connectivity index (χ1) is 7.95. The molecule has 0 aliphatic heterocycles. The molecule has 0 fully saturated rings. The summed E-state index contributed by atoms with van der Waals surface area (Å²) in [5.74, 6) is -0.678. The van der Waals surface area contributed by atoms with Crippen LogP contribution in [-0.4, -0.2) is 17.1 Å². The van der Waals surface area contributed by atoms with Gasteiger partial charge in [-0.15, -0.1) is 0 Å². The zero-order chi connectivity index (χ0) is 13.0. The highest BCUT2D eigenvalue weighted by Crippen LogP contribution is 2.21. The van der Waals surface area contributed by atoms with Crippen LogP contribution in [0.15, 0.2) is 18.2 Å². The molecule has 1 atom stereocenters. The van der Waals surface area contributed by atoms with E-state index in [1.807, 2.05) is 19.9 Å². The van der Waals surface area contributed by atoms with Crippen LogP contribution in [0.25, 0.3) is 0 Å². The van der Waals surface area contributed by atoms with Gasteiger partial charge in [-0.2, -0.15) is 5.26 Å². The predicted molar refractivity (Wildman–Crippen MR) is 64.8 cm³/mol. The van der Waals surface area contributed by atoms with Crippen LogP contribution in [0.3, 0.4) is 0 Å². The number of hydrogen-bond acceptors (Lipinski definition) is 3. The zero-order valence-corrected chi connectivity index (χ0v) is 10.3. The van der Waals surface area contributed by atoms with Gasteiger partial charge in [0.15, 0.2) is 0 Å². The maximum absolute atomic E-state index is 11.8. The average Bonchev–Trinajstić information content (AvgIpc) is 2.28. The largest absolute Gasteiger partial charge is 0.507 e. The van der Waals surface area contributed by atoms with Gasteiger partial charge in [-0.3, -0.25) is 4.79 Å². The molecule has 0 saturated carbocycles.